The summed E-state index contributed by atoms with van der Waals surface area (Å²) in [5.74, 6) is 0.0805. The van der Waals surface area contributed by atoms with Crippen LogP contribution in [0.3, 0.4) is 0 Å². The summed E-state index contributed by atoms with van der Waals surface area (Å²) in [5.41, 5.74) is 3.10. The van der Waals surface area contributed by atoms with Gasteiger partial charge in [0, 0.05) is 22.0 Å². The second-order valence-electron chi connectivity index (χ2n) is 5.98. The van der Waals surface area contributed by atoms with E-state index in [1.54, 1.807) is 42.5 Å². The van der Waals surface area contributed by atoms with Crippen molar-refractivity contribution in [1.29, 1.82) is 0 Å². The lowest BCUT2D eigenvalue weighted by Crippen LogP contribution is -2.14. The Morgan fingerprint density at radius 3 is 2.22 bits per heavy atom. The SMILES string of the molecule is CC(=O)c1ccc(NC(=O)c2ccc(Nc3ccc(C)c(Cl)c3)nn2)cc1. The average molecular weight is 381 g/mol. The van der Waals surface area contributed by atoms with E-state index < -0.39 is 0 Å². The molecular formula is C20H17ClN4O2. The van der Waals surface area contributed by atoms with Gasteiger partial charge in [-0.2, -0.15) is 0 Å². The van der Waals surface area contributed by atoms with Crippen LogP contribution in [-0.2, 0) is 0 Å². The number of hydrogen-bond donors (Lipinski definition) is 2. The van der Waals surface area contributed by atoms with Gasteiger partial charge in [0.1, 0.15) is 0 Å². The molecular weight excluding hydrogens is 364 g/mol. The second kappa shape index (κ2) is 7.97. The number of carbonyl (C=O) groups excluding carboxylic acids is 2. The Morgan fingerprint density at radius 1 is 0.926 bits per heavy atom. The van der Waals surface area contributed by atoms with Gasteiger partial charge in [0.25, 0.3) is 5.91 Å². The highest BCUT2D eigenvalue weighted by molar-refractivity contribution is 6.31. The van der Waals surface area contributed by atoms with E-state index in [9.17, 15) is 9.59 Å². The lowest BCUT2D eigenvalue weighted by atomic mass is 10.1. The van der Waals surface area contributed by atoms with Gasteiger partial charge in [0.15, 0.2) is 17.3 Å². The molecule has 3 aromatic rings. The van der Waals surface area contributed by atoms with Gasteiger partial charge in [-0.25, -0.2) is 0 Å². The van der Waals surface area contributed by atoms with Crippen LogP contribution in [0.5, 0.6) is 0 Å². The summed E-state index contributed by atoms with van der Waals surface area (Å²) in [5, 5.41) is 14.4. The molecule has 27 heavy (non-hydrogen) atoms. The number of ketones is 1. The third-order valence-corrected chi connectivity index (χ3v) is 4.30. The molecule has 0 aliphatic heterocycles. The Balaban J connectivity index is 1.66. The number of halogens is 1. The molecule has 0 saturated carbocycles. The van der Waals surface area contributed by atoms with Gasteiger partial charge >= 0.3 is 0 Å². The van der Waals surface area contributed by atoms with E-state index in [4.69, 9.17) is 11.6 Å². The molecule has 0 spiro atoms. The van der Waals surface area contributed by atoms with Crippen LogP contribution in [0.4, 0.5) is 17.2 Å². The first-order chi connectivity index (χ1) is 12.9. The molecule has 1 aromatic heterocycles. The van der Waals surface area contributed by atoms with Crippen molar-refractivity contribution in [3.05, 3.63) is 76.4 Å². The molecule has 7 heteroatoms. The number of nitrogens with zero attached hydrogens (tertiary/aromatic N) is 2. The van der Waals surface area contributed by atoms with Crippen LogP contribution in [0, 0.1) is 6.92 Å². The zero-order valence-electron chi connectivity index (χ0n) is 14.8. The predicted octanol–water partition coefficient (Wildman–Crippen LogP) is 4.64. The maximum atomic E-state index is 12.3. The molecule has 3 rings (SSSR count). The Hall–Kier alpha value is -3.25. The summed E-state index contributed by atoms with van der Waals surface area (Å²) in [4.78, 5) is 23.5. The molecule has 1 heterocycles. The Labute approximate surface area is 161 Å². The quantitative estimate of drug-likeness (QED) is 0.630. The van der Waals surface area contributed by atoms with Gasteiger partial charge in [-0.1, -0.05) is 17.7 Å². The smallest absolute Gasteiger partial charge is 0.276 e. The van der Waals surface area contributed by atoms with E-state index in [-0.39, 0.29) is 17.4 Å². The van der Waals surface area contributed by atoms with E-state index in [1.165, 1.54) is 6.92 Å². The first-order valence-electron chi connectivity index (χ1n) is 8.21. The average Bonchev–Trinajstić information content (AvgIpc) is 2.66. The lowest BCUT2D eigenvalue weighted by Gasteiger charge is -2.08. The normalized spacial score (nSPS) is 10.3. The van der Waals surface area contributed by atoms with Crippen molar-refractivity contribution in [1.82, 2.24) is 10.2 Å². The number of rotatable bonds is 5. The first kappa shape index (κ1) is 18.5. The number of nitrogens with one attached hydrogen (secondary N) is 2. The van der Waals surface area contributed by atoms with Crippen LogP contribution in [0.15, 0.2) is 54.6 Å². The maximum Gasteiger partial charge on any atom is 0.276 e. The van der Waals surface area contributed by atoms with E-state index in [0.29, 0.717) is 22.1 Å². The van der Waals surface area contributed by atoms with Gasteiger partial charge in [-0.05, 0) is 67.9 Å². The largest absolute Gasteiger partial charge is 0.339 e. The van der Waals surface area contributed by atoms with Crippen LogP contribution in [-0.4, -0.2) is 21.9 Å². The molecule has 0 aliphatic carbocycles. The molecule has 2 aromatic carbocycles. The van der Waals surface area contributed by atoms with Crippen molar-refractivity contribution < 1.29 is 9.59 Å². The molecule has 0 saturated heterocycles. The maximum absolute atomic E-state index is 12.3. The highest BCUT2D eigenvalue weighted by Gasteiger charge is 2.09. The van der Waals surface area contributed by atoms with Crippen LogP contribution in [0.1, 0.15) is 33.3 Å². The number of aromatic nitrogens is 2. The third-order valence-electron chi connectivity index (χ3n) is 3.89. The zero-order valence-corrected chi connectivity index (χ0v) is 15.5. The monoisotopic (exact) mass is 380 g/mol. The van der Waals surface area contributed by atoms with Crippen molar-refractivity contribution in [3.8, 4) is 0 Å². The number of amides is 1. The van der Waals surface area contributed by atoms with Gasteiger partial charge in [-0.3, -0.25) is 9.59 Å². The van der Waals surface area contributed by atoms with Gasteiger partial charge in [0.05, 0.1) is 0 Å². The molecule has 0 radical (unpaired) electrons. The highest BCUT2D eigenvalue weighted by atomic mass is 35.5. The lowest BCUT2D eigenvalue weighted by molar-refractivity contribution is 0.101. The standard InChI is InChI=1S/C20H17ClN4O2/c1-12-3-6-16(11-17(12)21)22-19-10-9-18(24-25-19)20(27)23-15-7-4-14(5-8-15)13(2)26/h3-11H,1-2H3,(H,22,25)(H,23,27). The van der Waals surface area contributed by atoms with Crippen LogP contribution in [0.25, 0.3) is 0 Å². The van der Waals surface area contributed by atoms with Crippen molar-refractivity contribution in [2.75, 3.05) is 10.6 Å². The fraction of sp³-hybridized carbons (Fsp3) is 0.100. The molecule has 1 amide bonds. The van der Waals surface area contributed by atoms with Crippen LogP contribution >= 0.6 is 11.6 Å². The van der Waals surface area contributed by atoms with Crippen molar-refractivity contribution in [2.24, 2.45) is 0 Å². The van der Waals surface area contributed by atoms with E-state index in [1.807, 2.05) is 19.1 Å². The summed E-state index contributed by atoms with van der Waals surface area (Å²) in [6, 6.07) is 15.5. The van der Waals surface area contributed by atoms with E-state index >= 15 is 0 Å². The van der Waals surface area contributed by atoms with Crippen LogP contribution < -0.4 is 10.6 Å². The molecule has 0 atom stereocenters. The van der Waals surface area contributed by atoms with Gasteiger partial charge in [-0.15, -0.1) is 10.2 Å². The van der Waals surface area contributed by atoms with Crippen molar-refractivity contribution in [2.45, 2.75) is 13.8 Å². The number of aryl methyl sites for hydroxylation is 1. The number of benzene rings is 2. The topological polar surface area (TPSA) is 84.0 Å². The molecule has 6 nitrogen and oxygen atoms in total. The van der Waals surface area contributed by atoms with Crippen LogP contribution in [0.2, 0.25) is 5.02 Å². The molecule has 0 fully saturated rings. The Bertz CT molecular complexity index is 986. The molecule has 0 bridgehead atoms. The minimum Gasteiger partial charge on any atom is -0.339 e. The van der Waals surface area contributed by atoms with E-state index in [0.717, 1.165) is 11.3 Å². The summed E-state index contributed by atoms with van der Waals surface area (Å²) < 4.78 is 0. The zero-order chi connectivity index (χ0) is 19.4. The summed E-state index contributed by atoms with van der Waals surface area (Å²) in [6.07, 6.45) is 0. The summed E-state index contributed by atoms with van der Waals surface area (Å²) in [7, 11) is 0. The molecule has 0 aliphatic rings. The summed E-state index contributed by atoms with van der Waals surface area (Å²) in [6.45, 7) is 3.41. The van der Waals surface area contributed by atoms with Gasteiger partial charge in [0.2, 0.25) is 0 Å². The first-order valence-corrected chi connectivity index (χ1v) is 8.59. The molecule has 2 N–H and O–H groups in total. The predicted molar refractivity (Wildman–Crippen MR) is 106 cm³/mol. The van der Waals surface area contributed by atoms with Crippen molar-refractivity contribution >= 4 is 40.5 Å². The van der Waals surface area contributed by atoms with Gasteiger partial charge < -0.3 is 10.6 Å². The molecule has 0 unspecified atom stereocenters. The Morgan fingerprint density at radius 2 is 1.63 bits per heavy atom. The summed E-state index contributed by atoms with van der Waals surface area (Å²) >= 11 is 6.10. The number of hydrogen-bond acceptors (Lipinski definition) is 5. The second-order valence-corrected chi connectivity index (χ2v) is 6.39. The number of anilines is 3. The third kappa shape index (κ3) is 4.68. The van der Waals surface area contributed by atoms with E-state index in [2.05, 4.69) is 20.8 Å². The fourth-order valence-corrected chi connectivity index (χ4v) is 2.50. The van der Waals surface area contributed by atoms with Crippen molar-refractivity contribution in [3.63, 3.8) is 0 Å². The highest BCUT2D eigenvalue weighted by Crippen LogP contribution is 2.22. The minimum absolute atomic E-state index is 0.0308. The minimum atomic E-state index is -0.386. The molecule has 136 valence electrons. The Kier molecular flexibility index (Phi) is 5.47. The number of Topliss-reactive ketones (excluding diaryl/α,β-unsaturated/α-hetero) is 1. The number of carbonyl (C=O) groups is 2. The fourth-order valence-electron chi connectivity index (χ4n) is 2.32.